The Morgan fingerprint density at radius 2 is 1.67 bits per heavy atom. The van der Waals surface area contributed by atoms with E-state index in [1.807, 2.05) is 36.7 Å². The maximum Gasteiger partial charge on any atom is 0.162 e. The number of nitrogens with zero attached hydrogens (tertiary/aromatic N) is 2. The van der Waals surface area contributed by atoms with Crippen LogP contribution in [0.3, 0.4) is 0 Å². The normalized spacial score (nSPS) is 17.6. The van der Waals surface area contributed by atoms with Crippen molar-refractivity contribution in [2.75, 3.05) is 33.0 Å². The second kappa shape index (κ2) is 8.13. The Balaban J connectivity index is 1.61. The minimum Gasteiger partial charge on any atom is -0.486 e. The third-order valence-electron chi connectivity index (χ3n) is 6.10. The van der Waals surface area contributed by atoms with E-state index in [-0.39, 0.29) is 12.0 Å². The molecule has 0 bridgehead atoms. The minimum absolute atomic E-state index is 0.135. The van der Waals surface area contributed by atoms with E-state index in [4.69, 9.17) is 19.2 Å². The summed E-state index contributed by atoms with van der Waals surface area (Å²) in [5.41, 5.74) is 3.84. The van der Waals surface area contributed by atoms with Gasteiger partial charge in [-0.1, -0.05) is 30.3 Å². The van der Waals surface area contributed by atoms with Gasteiger partial charge in [-0.25, -0.2) is 4.98 Å². The second-order valence-corrected chi connectivity index (χ2v) is 8.06. The lowest BCUT2D eigenvalue weighted by molar-refractivity contribution is -0.0250. The third kappa shape index (κ3) is 3.57. The lowest BCUT2D eigenvalue weighted by Crippen LogP contribution is -2.37. The van der Waals surface area contributed by atoms with Crippen molar-refractivity contribution >= 4 is 0 Å². The van der Waals surface area contributed by atoms with Gasteiger partial charge in [0.25, 0.3) is 0 Å². The van der Waals surface area contributed by atoms with Crippen molar-refractivity contribution in [3.63, 3.8) is 0 Å². The average molecular weight is 406 g/mol. The van der Waals surface area contributed by atoms with E-state index in [1.165, 1.54) is 0 Å². The highest BCUT2D eigenvalue weighted by atomic mass is 16.6. The van der Waals surface area contributed by atoms with Crippen LogP contribution in [0.5, 0.6) is 11.5 Å². The van der Waals surface area contributed by atoms with Crippen molar-refractivity contribution in [1.29, 1.82) is 0 Å². The highest BCUT2D eigenvalue weighted by molar-refractivity contribution is 5.79. The van der Waals surface area contributed by atoms with E-state index in [9.17, 15) is 5.11 Å². The molecule has 1 N–H and O–H groups in total. The van der Waals surface area contributed by atoms with Crippen LogP contribution < -0.4 is 9.47 Å². The van der Waals surface area contributed by atoms with E-state index in [0.717, 1.165) is 46.9 Å². The van der Waals surface area contributed by atoms with Gasteiger partial charge in [-0.05, 0) is 31.0 Å². The Labute approximate surface area is 176 Å². The summed E-state index contributed by atoms with van der Waals surface area (Å²) >= 11 is 0. The first-order chi connectivity index (χ1) is 14.8. The average Bonchev–Trinajstić information content (AvgIpc) is 3.23. The molecule has 6 heteroatoms. The van der Waals surface area contributed by atoms with Crippen molar-refractivity contribution in [1.82, 2.24) is 9.55 Å². The number of hydrogen-bond acceptors (Lipinski definition) is 5. The van der Waals surface area contributed by atoms with Gasteiger partial charge in [-0.3, -0.25) is 0 Å². The molecule has 6 nitrogen and oxygen atoms in total. The number of aliphatic hydroxyl groups excluding tert-OH is 1. The van der Waals surface area contributed by atoms with Crippen LogP contribution in [-0.4, -0.2) is 47.7 Å². The van der Waals surface area contributed by atoms with Gasteiger partial charge in [0, 0.05) is 36.3 Å². The van der Waals surface area contributed by atoms with Gasteiger partial charge in [0.2, 0.25) is 0 Å². The molecule has 0 saturated carbocycles. The monoisotopic (exact) mass is 406 g/mol. The summed E-state index contributed by atoms with van der Waals surface area (Å²) in [4.78, 5) is 4.78. The van der Waals surface area contributed by atoms with Crippen LogP contribution in [0.15, 0.2) is 54.9 Å². The van der Waals surface area contributed by atoms with Gasteiger partial charge < -0.3 is 23.9 Å². The number of fused-ring (bicyclic) bond motifs is 1. The molecule has 3 aromatic rings. The number of benzene rings is 2. The van der Waals surface area contributed by atoms with Crippen LogP contribution in [-0.2, 0) is 11.3 Å². The number of ether oxygens (including phenoxy) is 3. The summed E-state index contributed by atoms with van der Waals surface area (Å²) in [5, 5.41) is 10.2. The fraction of sp³-hybridized carbons (Fsp3) is 0.375. The molecule has 5 rings (SSSR count). The predicted molar refractivity (Wildman–Crippen MR) is 114 cm³/mol. The summed E-state index contributed by atoms with van der Waals surface area (Å²) in [6.45, 7) is 3.31. The van der Waals surface area contributed by atoms with Crippen molar-refractivity contribution in [3.8, 4) is 34.0 Å². The molecule has 2 aliphatic heterocycles. The highest BCUT2D eigenvalue weighted by Crippen LogP contribution is 2.40. The Morgan fingerprint density at radius 1 is 0.900 bits per heavy atom. The Bertz CT molecular complexity index is 1010. The van der Waals surface area contributed by atoms with Gasteiger partial charge >= 0.3 is 0 Å². The first-order valence-corrected chi connectivity index (χ1v) is 10.5. The first-order valence-electron chi connectivity index (χ1n) is 10.5. The van der Waals surface area contributed by atoms with Gasteiger partial charge in [0.1, 0.15) is 13.2 Å². The molecule has 0 aliphatic carbocycles. The van der Waals surface area contributed by atoms with Crippen molar-refractivity contribution < 1.29 is 19.3 Å². The standard InChI is InChI=1S/C24H26N2O4/c27-16-24(8-10-28-11-9-24)15-26-17-25-22(18-4-2-1-3-5-18)23(26)19-6-7-20-21(14-19)30-13-12-29-20/h1-7,14,17,27H,8-13,15-16H2. The first kappa shape index (κ1) is 19.2. The topological polar surface area (TPSA) is 65.7 Å². The maximum atomic E-state index is 10.2. The SMILES string of the molecule is OCC1(Cn2cnc(-c3ccccc3)c2-c2ccc3c(c2)OCCO3)CCOCC1. The van der Waals surface area contributed by atoms with Crippen molar-refractivity contribution in [2.45, 2.75) is 19.4 Å². The molecular formula is C24H26N2O4. The van der Waals surface area contributed by atoms with E-state index in [1.54, 1.807) is 0 Å². The predicted octanol–water partition coefficient (Wildman–Crippen LogP) is 3.78. The van der Waals surface area contributed by atoms with Crippen LogP contribution in [0, 0.1) is 5.41 Å². The molecular weight excluding hydrogens is 380 g/mol. The second-order valence-electron chi connectivity index (χ2n) is 8.06. The molecule has 0 spiro atoms. The Hall–Kier alpha value is -2.83. The molecule has 0 radical (unpaired) electrons. The molecule has 1 aromatic heterocycles. The fourth-order valence-electron chi connectivity index (χ4n) is 4.33. The van der Waals surface area contributed by atoms with Gasteiger partial charge in [-0.2, -0.15) is 0 Å². The van der Waals surface area contributed by atoms with Gasteiger partial charge in [0.15, 0.2) is 11.5 Å². The lowest BCUT2D eigenvalue weighted by atomic mass is 9.81. The smallest absolute Gasteiger partial charge is 0.162 e. The van der Waals surface area contributed by atoms with Crippen LogP contribution >= 0.6 is 0 Å². The fourth-order valence-corrected chi connectivity index (χ4v) is 4.33. The largest absolute Gasteiger partial charge is 0.486 e. The molecule has 1 fully saturated rings. The van der Waals surface area contributed by atoms with E-state index >= 15 is 0 Å². The van der Waals surface area contributed by atoms with Crippen LogP contribution in [0.1, 0.15) is 12.8 Å². The zero-order valence-electron chi connectivity index (χ0n) is 16.9. The molecule has 2 aliphatic rings. The summed E-state index contributed by atoms with van der Waals surface area (Å²) in [6, 6.07) is 16.3. The van der Waals surface area contributed by atoms with E-state index in [2.05, 4.69) is 22.8 Å². The summed E-state index contributed by atoms with van der Waals surface area (Å²) in [6.07, 6.45) is 3.56. The van der Waals surface area contributed by atoms with Crippen LogP contribution in [0.25, 0.3) is 22.5 Å². The molecule has 0 unspecified atom stereocenters. The minimum atomic E-state index is -0.199. The molecule has 2 aromatic carbocycles. The zero-order chi connectivity index (χ0) is 20.4. The molecule has 0 atom stereocenters. The van der Waals surface area contributed by atoms with Crippen LogP contribution in [0.2, 0.25) is 0 Å². The Kier molecular flexibility index (Phi) is 5.19. The van der Waals surface area contributed by atoms with Gasteiger partial charge in [-0.15, -0.1) is 0 Å². The number of imidazole rings is 1. The number of rotatable bonds is 5. The maximum absolute atomic E-state index is 10.2. The quantitative estimate of drug-likeness (QED) is 0.699. The lowest BCUT2D eigenvalue weighted by Gasteiger charge is -2.36. The summed E-state index contributed by atoms with van der Waals surface area (Å²) in [5.74, 6) is 1.53. The van der Waals surface area contributed by atoms with E-state index in [0.29, 0.717) is 33.0 Å². The Morgan fingerprint density at radius 3 is 2.43 bits per heavy atom. The van der Waals surface area contributed by atoms with Crippen molar-refractivity contribution in [2.24, 2.45) is 5.41 Å². The summed E-state index contributed by atoms with van der Waals surface area (Å²) in [7, 11) is 0. The van der Waals surface area contributed by atoms with Gasteiger partial charge in [0.05, 0.1) is 24.3 Å². The van der Waals surface area contributed by atoms with Crippen molar-refractivity contribution in [3.05, 3.63) is 54.9 Å². The number of aromatic nitrogens is 2. The molecule has 156 valence electrons. The number of hydrogen-bond donors (Lipinski definition) is 1. The molecule has 0 amide bonds. The number of aliphatic hydroxyl groups is 1. The molecule has 3 heterocycles. The van der Waals surface area contributed by atoms with E-state index < -0.39 is 0 Å². The third-order valence-corrected chi connectivity index (χ3v) is 6.10. The molecule has 1 saturated heterocycles. The highest BCUT2D eigenvalue weighted by Gasteiger charge is 2.33. The summed E-state index contributed by atoms with van der Waals surface area (Å²) < 4.78 is 19.3. The zero-order valence-corrected chi connectivity index (χ0v) is 16.9. The van der Waals surface area contributed by atoms with Crippen LogP contribution in [0.4, 0.5) is 0 Å². The molecule has 30 heavy (non-hydrogen) atoms.